The zero-order chi connectivity index (χ0) is 28.8. The van der Waals surface area contributed by atoms with Gasteiger partial charge in [0.2, 0.25) is 0 Å². The number of benzene rings is 1. The Labute approximate surface area is 230 Å². The molecule has 4 aromatic rings. The molecule has 0 bridgehead atoms. The quantitative estimate of drug-likeness (QED) is 0.264. The molecule has 11 nitrogen and oxygen atoms in total. The van der Waals surface area contributed by atoms with Crippen LogP contribution in [0.25, 0.3) is 17.1 Å². The fourth-order valence-corrected chi connectivity index (χ4v) is 4.35. The van der Waals surface area contributed by atoms with Crippen LogP contribution in [0.3, 0.4) is 0 Å². The van der Waals surface area contributed by atoms with Gasteiger partial charge in [0, 0.05) is 31.5 Å². The summed E-state index contributed by atoms with van der Waals surface area (Å²) in [5.41, 5.74) is 10.7. The second kappa shape index (κ2) is 10.3. The monoisotopic (exact) mass is 573 g/mol. The Bertz CT molecular complexity index is 1600. The first kappa shape index (κ1) is 27.1. The van der Waals surface area contributed by atoms with E-state index in [9.17, 15) is 22.8 Å². The normalized spacial score (nSPS) is 16.6. The van der Waals surface area contributed by atoms with Crippen LogP contribution in [0.1, 0.15) is 33.1 Å². The zero-order valence-corrected chi connectivity index (χ0v) is 21.7. The molecule has 1 aliphatic carbocycles. The molecule has 15 heteroatoms. The number of nitrogen functional groups attached to an aromatic ring is 1. The summed E-state index contributed by atoms with van der Waals surface area (Å²) in [5, 5.41) is 9.15. The number of nitrogens with zero attached hydrogens (tertiary/aromatic N) is 5. The Kier molecular flexibility index (Phi) is 6.98. The summed E-state index contributed by atoms with van der Waals surface area (Å²) in [7, 11) is 1.41. The highest BCUT2D eigenvalue weighted by Crippen LogP contribution is 2.37. The van der Waals surface area contributed by atoms with E-state index in [2.05, 4.69) is 25.7 Å². The fraction of sp³-hybridized carbons (Fsp3) is 0.240. The van der Waals surface area contributed by atoms with Crippen LogP contribution in [0.5, 0.6) is 0 Å². The third kappa shape index (κ3) is 5.49. The molecule has 1 fully saturated rings. The van der Waals surface area contributed by atoms with E-state index in [1.165, 1.54) is 48.1 Å². The topological polar surface area (TPSA) is 159 Å². The van der Waals surface area contributed by atoms with Crippen LogP contribution < -0.4 is 22.1 Å². The van der Waals surface area contributed by atoms with Crippen LogP contribution in [0, 0.1) is 5.92 Å². The number of alkyl halides is 3. The maximum absolute atomic E-state index is 13.9. The summed E-state index contributed by atoms with van der Waals surface area (Å²) in [6.45, 7) is 0.446. The number of pyridine rings is 1. The number of halogens is 4. The molecule has 0 radical (unpaired) electrons. The minimum absolute atomic E-state index is 0.000368. The lowest BCUT2D eigenvalue weighted by Crippen LogP contribution is -2.27. The van der Waals surface area contributed by atoms with Gasteiger partial charge in [-0.2, -0.15) is 18.3 Å². The summed E-state index contributed by atoms with van der Waals surface area (Å²) in [6, 6.07) is 7.34. The van der Waals surface area contributed by atoms with Crippen molar-refractivity contribution in [2.24, 2.45) is 18.7 Å². The predicted molar refractivity (Wildman–Crippen MR) is 141 cm³/mol. The maximum Gasteiger partial charge on any atom is 0.435 e. The van der Waals surface area contributed by atoms with Crippen molar-refractivity contribution in [3.05, 3.63) is 71.0 Å². The first-order valence-corrected chi connectivity index (χ1v) is 12.4. The first-order valence-electron chi connectivity index (χ1n) is 12.0. The van der Waals surface area contributed by atoms with Gasteiger partial charge in [-0.3, -0.25) is 9.59 Å². The van der Waals surface area contributed by atoms with Gasteiger partial charge in [0.05, 0.1) is 39.9 Å². The van der Waals surface area contributed by atoms with Crippen molar-refractivity contribution in [3.63, 3.8) is 0 Å². The van der Waals surface area contributed by atoms with E-state index in [1.807, 2.05) is 0 Å². The molecule has 2 amide bonds. The molecule has 2 atom stereocenters. The Morgan fingerprint density at radius 3 is 2.52 bits per heavy atom. The maximum atomic E-state index is 13.9. The number of carbonyl (C=O) groups excluding carboxylic acids is 2. The lowest BCUT2D eigenvalue weighted by atomic mass is 10.2. The number of aromatic nitrogens is 5. The average Bonchev–Trinajstić information content (AvgIpc) is 3.23. The molecule has 40 heavy (non-hydrogen) atoms. The lowest BCUT2D eigenvalue weighted by molar-refractivity contribution is -0.140. The number of anilines is 2. The molecule has 3 heterocycles. The second-order valence-corrected chi connectivity index (χ2v) is 9.74. The van der Waals surface area contributed by atoms with Crippen molar-refractivity contribution in [2.75, 3.05) is 17.6 Å². The molecule has 1 aromatic carbocycles. The molecule has 0 aliphatic heterocycles. The standard InChI is InChI=1S/C25H23ClF3N9O2/c1-37-19(16-11-38(36-21(16)25(27,28)29)20-5-2-13(30)9-32-20)10-33-22(37)24(40)35-14-3-4-15(17(26)7-14)23(39)34-8-12-6-18(12)31/h2-5,7,9-12,18H,6,8,30-31H2,1H3,(H,34,39)(H,35,40). The number of rotatable bonds is 7. The smallest absolute Gasteiger partial charge is 0.397 e. The highest BCUT2D eigenvalue weighted by atomic mass is 35.5. The van der Waals surface area contributed by atoms with Gasteiger partial charge in [-0.25, -0.2) is 14.6 Å². The fourth-order valence-electron chi connectivity index (χ4n) is 4.08. The summed E-state index contributed by atoms with van der Waals surface area (Å²) in [4.78, 5) is 33.4. The van der Waals surface area contributed by atoms with Crippen molar-refractivity contribution in [1.82, 2.24) is 29.6 Å². The van der Waals surface area contributed by atoms with E-state index in [0.29, 0.717) is 12.2 Å². The number of nitrogens with one attached hydrogen (secondary N) is 2. The van der Waals surface area contributed by atoms with Gasteiger partial charge in [0.25, 0.3) is 11.8 Å². The highest BCUT2D eigenvalue weighted by molar-refractivity contribution is 6.34. The summed E-state index contributed by atoms with van der Waals surface area (Å²) >= 11 is 6.26. The van der Waals surface area contributed by atoms with E-state index in [1.54, 1.807) is 0 Å². The molecule has 0 saturated heterocycles. The van der Waals surface area contributed by atoms with Gasteiger partial charge in [0.1, 0.15) is 0 Å². The number of carbonyl (C=O) groups is 2. The Balaban J connectivity index is 1.36. The zero-order valence-electron chi connectivity index (χ0n) is 20.9. The van der Waals surface area contributed by atoms with Crippen LogP contribution in [0.4, 0.5) is 24.5 Å². The third-order valence-electron chi connectivity index (χ3n) is 6.43. The van der Waals surface area contributed by atoms with Crippen molar-refractivity contribution in [2.45, 2.75) is 18.6 Å². The first-order chi connectivity index (χ1) is 18.9. The average molecular weight is 574 g/mol. The highest BCUT2D eigenvalue weighted by Gasteiger charge is 2.39. The molecule has 5 rings (SSSR count). The Hall–Kier alpha value is -4.43. The van der Waals surface area contributed by atoms with Crippen LogP contribution >= 0.6 is 11.6 Å². The van der Waals surface area contributed by atoms with Crippen molar-refractivity contribution >= 4 is 34.8 Å². The molecule has 2 unspecified atom stereocenters. The van der Waals surface area contributed by atoms with Gasteiger partial charge < -0.3 is 26.7 Å². The minimum atomic E-state index is -4.80. The second-order valence-electron chi connectivity index (χ2n) is 9.33. The number of imidazole rings is 1. The van der Waals surface area contributed by atoms with Crippen molar-refractivity contribution in [1.29, 1.82) is 0 Å². The molecule has 208 valence electrons. The van der Waals surface area contributed by atoms with E-state index >= 15 is 0 Å². The van der Waals surface area contributed by atoms with Crippen molar-refractivity contribution < 1.29 is 22.8 Å². The lowest BCUT2D eigenvalue weighted by Gasteiger charge is -2.10. The molecular formula is C25H23ClF3N9O2. The van der Waals surface area contributed by atoms with E-state index in [4.69, 9.17) is 23.1 Å². The van der Waals surface area contributed by atoms with Crippen LogP contribution in [0.15, 0.2) is 48.9 Å². The predicted octanol–water partition coefficient (Wildman–Crippen LogP) is 3.25. The summed E-state index contributed by atoms with van der Waals surface area (Å²) in [6.07, 6.45) is -0.343. The van der Waals surface area contributed by atoms with E-state index in [0.717, 1.165) is 23.5 Å². The molecule has 1 aliphatic rings. The Morgan fingerprint density at radius 2 is 1.90 bits per heavy atom. The number of amides is 2. The number of nitrogens with two attached hydrogens (primary N) is 2. The molecular weight excluding hydrogens is 551 g/mol. The van der Waals surface area contributed by atoms with Gasteiger partial charge in [-0.15, -0.1) is 0 Å². The van der Waals surface area contributed by atoms with Gasteiger partial charge in [-0.1, -0.05) is 11.6 Å². The van der Waals surface area contributed by atoms with Crippen LogP contribution in [-0.4, -0.2) is 48.7 Å². The van der Waals surface area contributed by atoms with Gasteiger partial charge in [0.15, 0.2) is 17.3 Å². The minimum Gasteiger partial charge on any atom is -0.397 e. The molecule has 1 saturated carbocycles. The number of hydrogen-bond acceptors (Lipinski definition) is 7. The van der Waals surface area contributed by atoms with Crippen LogP contribution in [0.2, 0.25) is 5.02 Å². The van der Waals surface area contributed by atoms with E-state index in [-0.39, 0.29) is 57.0 Å². The van der Waals surface area contributed by atoms with E-state index < -0.39 is 17.8 Å². The third-order valence-corrected chi connectivity index (χ3v) is 6.74. The molecule has 0 spiro atoms. The molecule has 3 aromatic heterocycles. The number of hydrogen-bond donors (Lipinski definition) is 4. The summed E-state index contributed by atoms with van der Waals surface area (Å²) in [5.74, 6) is -0.868. The SMILES string of the molecule is Cn1c(-c2cn(-c3ccc(N)cn3)nc2C(F)(F)F)cnc1C(=O)Nc1ccc(C(=O)NCC2CC2N)c(Cl)c1. The van der Waals surface area contributed by atoms with Crippen molar-refractivity contribution in [3.8, 4) is 17.1 Å². The largest absolute Gasteiger partial charge is 0.435 e. The summed E-state index contributed by atoms with van der Waals surface area (Å²) < 4.78 is 43.8. The van der Waals surface area contributed by atoms with Gasteiger partial charge >= 0.3 is 6.18 Å². The Morgan fingerprint density at radius 1 is 1.15 bits per heavy atom. The molecule has 6 N–H and O–H groups in total. The van der Waals surface area contributed by atoms with Gasteiger partial charge in [-0.05, 0) is 42.7 Å². The van der Waals surface area contributed by atoms with Crippen LogP contribution in [-0.2, 0) is 13.2 Å².